The van der Waals surface area contributed by atoms with Crippen molar-refractivity contribution in [3.8, 4) is 0 Å². The van der Waals surface area contributed by atoms with Gasteiger partial charge in [-0.05, 0) is 31.2 Å². The van der Waals surface area contributed by atoms with Crippen LogP contribution in [-0.2, 0) is 6.54 Å². The Kier molecular flexibility index (Phi) is 4.40. The van der Waals surface area contributed by atoms with Crippen LogP contribution in [0.3, 0.4) is 0 Å². The van der Waals surface area contributed by atoms with Crippen LogP contribution < -0.4 is 5.32 Å². The van der Waals surface area contributed by atoms with Gasteiger partial charge in [0.1, 0.15) is 5.82 Å². The van der Waals surface area contributed by atoms with E-state index < -0.39 is 6.10 Å². The largest absolute Gasteiger partial charge is 0.389 e. The van der Waals surface area contributed by atoms with E-state index in [-0.39, 0.29) is 5.82 Å². The smallest absolute Gasteiger partial charge is 0.128 e. The topological polar surface area (TPSA) is 32.3 Å². The second-order valence-corrected chi connectivity index (χ2v) is 4.79. The SMILES string of the molecule is CC(O)c1ccccc1NCc1cc(Cl)ccc1F. The summed E-state index contributed by atoms with van der Waals surface area (Å²) in [5, 5.41) is 13.3. The Balaban J connectivity index is 2.17. The summed E-state index contributed by atoms with van der Waals surface area (Å²) >= 11 is 5.85. The molecule has 0 aliphatic carbocycles. The molecule has 2 aromatic rings. The molecule has 2 N–H and O–H groups in total. The molecule has 0 fully saturated rings. The Hall–Kier alpha value is -1.58. The van der Waals surface area contributed by atoms with E-state index in [2.05, 4.69) is 5.32 Å². The van der Waals surface area contributed by atoms with Gasteiger partial charge in [0.05, 0.1) is 6.10 Å². The molecule has 0 spiro atoms. The van der Waals surface area contributed by atoms with Gasteiger partial charge in [-0.2, -0.15) is 0 Å². The van der Waals surface area contributed by atoms with Crippen molar-refractivity contribution >= 4 is 17.3 Å². The van der Waals surface area contributed by atoms with Gasteiger partial charge in [-0.1, -0.05) is 29.8 Å². The van der Waals surface area contributed by atoms with Crippen molar-refractivity contribution in [2.45, 2.75) is 19.6 Å². The molecule has 0 saturated heterocycles. The molecule has 0 amide bonds. The van der Waals surface area contributed by atoms with Crippen molar-refractivity contribution in [2.24, 2.45) is 0 Å². The van der Waals surface area contributed by atoms with E-state index in [4.69, 9.17) is 11.6 Å². The van der Waals surface area contributed by atoms with Gasteiger partial charge in [0.2, 0.25) is 0 Å². The molecule has 1 unspecified atom stereocenters. The molecule has 0 aliphatic rings. The zero-order valence-corrected chi connectivity index (χ0v) is 11.3. The Morgan fingerprint density at radius 2 is 2.00 bits per heavy atom. The third-order valence-corrected chi connectivity index (χ3v) is 3.12. The summed E-state index contributed by atoms with van der Waals surface area (Å²) in [4.78, 5) is 0. The number of hydrogen-bond donors (Lipinski definition) is 2. The number of benzene rings is 2. The summed E-state index contributed by atoms with van der Waals surface area (Å²) in [5.74, 6) is -0.300. The zero-order chi connectivity index (χ0) is 13.8. The molecular formula is C15H15ClFNO. The molecular weight excluding hydrogens is 265 g/mol. The molecule has 0 heterocycles. The molecule has 0 aromatic heterocycles. The molecule has 2 rings (SSSR count). The maximum absolute atomic E-state index is 13.6. The number of aliphatic hydroxyl groups excluding tert-OH is 1. The minimum atomic E-state index is -0.576. The summed E-state index contributed by atoms with van der Waals surface area (Å²) in [6.45, 7) is 2.01. The highest BCUT2D eigenvalue weighted by atomic mass is 35.5. The average Bonchev–Trinajstić information content (AvgIpc) is 2.40. The number of para-hydroxylation sites is 1. The molecule has 0 saturated carbocycles. The van der Waals surface area contributed by atoms with E-state index in [0.29, 0.717) is 17.1 Å². The number of hydrogen-bond acceptors (Lipinski definition) is 2. The first kappa shape index (κ1) is 13.8. The molecule has 2 aromatic carbocycles. The Morgan fingerprint density at radius 3 is 2.74 bits per heavy atom. The van der Waals surface area contributed by atoms with Crippen molar-refractivity contribution in [3.05, 3.63) is 64.4 Å². The highest BCUT2D eigenvalue weighted by Gasteiger charge is 2.08. The lowest BCUT2D eigenvalue weighted by Gasteiger charge is -2.14. The van der Waals surface area contributed by atoms with Crippen LogP contribution in [0.2, 0.25) is 5.02 Å². The second-order valence-electron chi connectivity index (χ2n) is 4.35. The third kappa shape index (κ3) is 3.46. The van der Waals surface area contributed by atoms with E-state index in [0.717, 1.165) is 11.3 Å². The molecule has 1 atom stereocenters. The van der Waals surface area contributed by atoms with Crippen LogP contribution in [0.5, 0.6) is 0 Å². The summed E-state index contributed by atoms with van der Waals surface area (Å²) in [6.07, 6.45) is -0.576. The molecule has 2 nitrogen and oxygen atoms in total. The zero-order valence-electron chi connectivity index (χ0n) is 10.5. The molecule has 4 heteroatoms. The van der Waals surface area contributed by atoms with Crippen LogP contribution in [0.1, 0.15) is 24.2 Å². The lowest BCUT2D eigenvalue weighted by Crippen LogP contribution is -2.05. The van der Waals surface area contributed by atoms with E-state index in [1.54, 1.807) is 13.0 Å². The number of aliphatic hydroxyl groups is 1. The van der Waals surface area contributed by atoms with Crippen molar-refractivity contribution in [2.75, 3.05) is 5.32 Å². The normalized spacial score (nSPS) is 12.2. The van der Waals surface area contributed by atoms with Crippen molar-refractivity contribution in [1.82, 2.24) is 0 Å². The van der Waals surface area contributed by atoms with Gasteiger partial charge in [-0.3, -0.25) is 0 Å². The molecule has 0 aliphatic heterocycles. The van der Waals surface area contributed by atoms with Gasteiger partial charge in [-0.25, -0.2) is 4.39 Å². The Morgan fingerprint density at radius 1 is 1.26 bits per heavy atom. The quantitative estimate of drug-likeness (QED) is 0.881. The molecule has 0 bridgehead atoms. The third-order valence-electron chi connectivity index (χ3n) is 2.89. The average molecular weight is 280 g/mol. The second kappa shape index (κ2) is 6.04. The van der Waals surface area contributed by atoms with Crippen LogP contribution in [0.25, 0.3) is 0 Å². The van der Waals surface area contributed by atoms with Crippen LogP contribution in [-0.4, -0.2) is 5.11 Å². The minimum absolute atomic E-state index is 0.300. The maximum Gasteiger partial charge on any atom is 0.128 e. The van der Waals surface area contributed by atoms with Crippen LogP contribution in [0, 0.1) is 5.82 Å². The fourth-order valence-electron chi connectivity index (χ4n) is 1.89. The molecule has 0 radical (unpaired) electrons. The maximum atomic E-state index is 13.6. The fraction of sp³-hybridized carbons (Fsp3) is 0.200. The van der Waals surface area contributed by atoms with Crippen molar-refractivity contribution in [3.63, 3.8) is 0 Å². The van der Waals surface area contributed by atoms with Gasteiger partial charge < -0.3 is 10.4 Å². The summed E-state index contributed by atoms with van der Waals surface area (Å²) in [5.41, 5.74) is 2.06. The summed E-state index contributed by atoms with van der Waals surface area (Å²) in [7, 11) is 0. The lowest BCUT2D eigenvalue weighted by atomic mass is 10.1. The van der Waals surface area contributed by atoms with Crippen molar-refractivity contribution < 1.29 is 9.50 Å². The summed E-state index contributed by atoms with van der Waals surface area (Å²) < 4.78 is 13.6. The van der Waals surface area contributed by atoms with Crippen LogP contribution >= 0.6 is 11.6 Å². The van der Waals surface area contributed by atoms with Gasteiger partial charge >= 0.3 is 0 Å². The lowest BCUT2D eigenvalue weighted by molar-refractivity contribution is 0.200. The number of halogens is 2. The van der Waals surface area contributed by atoms with Crippen LogP contribution in [0.4, 0.5) is 10.1 Å². The van der Waals surface area contributed by atoms with Gasteiger partial charge in [-0.15, -0.1) is 0 Å². The predicted molar refractivity (Wildman–Crippen MR) is 75.8 cm³/mol. The first-order valence-corrected chi connectivity index (χ1v) is 6.40. The highest BCUT2D eigenvalue weighted by molar-refractivity contribution is 6.30. The standard InChI is InChI=1S/C15H15ClFNO/c1-10(19)13-4-2-3-5-15(13)18-9-11-8-12(16)6-7-14(11)17/h2-8,10,18-19H,9H2,1H3. The fourth-order valence-corrected chi connectivity index (χ4v) is 2.09. The highest BCUT2D eigenvalue weighted by Crippen LogP contribution is 2.23. The first-order valence-electron chi connectivity index (χ1n) is 6.02. The first-order chi connectivity index (χ1) is 9.08. The predicted octanol–water partition coefficient (Wildman–Crippen LogP) is 4.14. The van der Waals surface area contributed by atoms with Gasteiger partial charge in [0, 0.05) is 28.4 Å². The number of nitrogens with one attached hydrogen (secondary N) is 1. The van der Waals surface area contributed by atoms with E-state index in [1.165, 1.54) is 12.1 Å². The minimum Gasteiger partial charge on any atom is -0.389 e. The van der Waals surface area contributed by atoms with E-state index in [9.17, 15) is 9.50 Å². The van der Waals surface area contributed by atoms with Crippen molar-refractivity contribution in [1.29, 1.82) is 0 Å². The number of rotatable bonds is 4. The van der Waals surface area contributed by atoms with E-state index >= 15 is 0 Å². The van der Waals surface area contributed by atoms with Gasteiger partial charge in [0.25, 0.3) is 0 Å². The molecule has 100 valence electrons. The Bertz CT molecular complexity index is 572. The Labute approximate surface area is 116 Å². The summed E-state index contributed by atoms with van der Waals surface area (Å²) in [6, 6.07) is 11.9. The molecule has 19 heavy (non-hydrogen) atoms. The van der Waals surface area contributed by atoms with Gasteiger partial charge in [0.15, 0.2) is 0 Å². The number of anilines is 1. The van der Waals surface area contributed by atoms with E-state index in [1.807, 2.05) is 24.3 Å². The van der Waals surface area contributed by atoms with Crippen LogP contribution in [0.15, 0.2) is 42.5 Å². The monoisotopic (exact) mass is 279 g/mol.